The summed E-state index contributed by atoms with van der Waals surface area (Å²) >= 11 is 3.45. The minimum atomic E-state index is -0.175. The Morgan fingerprint density at radius 3 is 2.81 bits per heavy atom. The highest BCUT2D eigenvalue weighted by atomic mass is 79.9. The van der Waals surface area contributed by atoms with E-state index in [1.54, 1.807) is 6.07 Å². The summed E-state index contributed by atoms with van der Waals surface area (Å²) in [5.41, 5.74) is 1.45. The molecule has 1 saturated carbocycles. The lowest BCUT2D eigenvalue weighted by Crippen LogP contribution is -2.25. The number of benzene rings is 1. The summed E-state index contributed by atoms with van der Waals surface area (Å²) in [6, 6.07) is 7.62. The van der Waals surface area contributed by atoms with Gasteiger partial charge in [-0.1, -0.05) is 0 Å². The molecule has 1 aromatic rings. The van der Waals surface area contributed by atoms with E-state index < -0.39 is 0 Å². The molecule has 1 aromatic carbocycles. The topological polar surface area (TPSA) is 45.0 Å². The Hall–Kier alpha value is -1.05. The van der Waals surface area contributed by atoms with Gasteiger partial charge in [-0.3, -0.25) is 0 Å². The SMILES string of the molecule is CCOC1(Nc2ccc(C#N)cc2Br)CC1. The van der Waals surface area contributed by atoms with Crippen LogP contribution < -0.4 is 5.32 Å². The lowest BCUT2D eigenvalue weighted by molar-refractivity contribution is 0.0631. The molecule has 0 spiro atoms. The van der Waals surface area contributed by atoms with Crippen molar-refractivity contribution in [2.24, 2.45) is 0 Å². The molecular weight excluding hydrogens is 268 g/mol. The standard InChI is InChI=1S/C12H13BrN2O/c1-2-16-12(5-6-12)15-11-4-3-9(8-14)7-10(11)13/h3-4,7,15H,2,5-6H2,1H3. The predicted octanol–water partition coefficient (Wildman–Crippen LogP) is 3.26. The number of nitriles is 1. The number of rotatable bonds is 4. The van der Waals surface area contributed by atoms with Crippen LogP contribution in [0.2, 0.25) is 0 Å². The third-order valence-electron chi connectivity index (χ3n) is 2.59. The van der Waals surface area contributed by atoms with Crippen molar-refractivity contribution in [3.8, 4) is 6.07 Å². The van der Waals surface area contributed by atoms with Crippen LogP contribution in [0.3, 0.4) is 0 Å². The van der Waals surface area contributed by atoms with Crippen molar-refractivity contribution >= 4 is 21.6 Å². The molecule has 1 aliphatic rings. The van der Waals surface area contributed by atoms with Crippen LogP contribution in [0.15, 0.2) is 22.7 Å². The number of nitrogens with zero attached hydrogens (tertiary/aromatic N) is 1. The first-order chi connectivity index (χ1) is 7.69. The summed E-state index contributed by atoms with van der Waals surface area (Å²) in [5.74, 6) is 0. The lowest BCUT2D eigenvalue weighted by Gasteiger charge is -2.19. The van der Waals surface area contributed by atoms with Gasteiger partial charge in [0.2, 0.25) is 0 Å². The van der Waals surface area contributed by atoms with Gasteiger partial charge >= 0.3 is 0 Å². The van der Waals surface area contributed by atoms with E-state index in [0.717, 1.165) is 23.0 Å². The Morgan fingerprint density at radius 2 is 2.31 bits per heavy atom. The molecule has 1 aliphatic carbocycles. The maximum absolute atomic E-state index is 8.77. The van der Waals surface area contributed by atoms with Gasteiger partial charge in [0.25, 0.3) is 0 Å². The number of anilines is 1. The fourth-order valence-corrected chi connectivity index (χ4v) is 2.10. The van der Waals surface area contributed by atoms with Crippen LogP contribution in [-0.2, 0) is 4.74 Å². The highest BCUT2D eigenvalue weighted by molar-refractivity contribution is 9.10. The molecule has 2 rings (SSSR count). The van der Waals surface area contributed by atoms with Gasteiger partial charge in [-0.2, -0.15) is 5.26 Å². The third-order valence-corrected chi connectivity index (χ3v) is 3.24. The number of hydrogen-bond acceptors (Lipinski definition) is 3. The quantitative estimate of drug-likeness (QED) is 0.861. The molecule has 0 atom stereocenters. The fourth-order valence-electron chi connectivity index (χ4n) is 1.63. The van der Waals surface area contributed by atoms with Crippen LogP contribution in [0.25, 0.3) is 0 Å². The van der Waals surface area contributed by atoms with Gasteiger partial charge in [-0.05, 0) is 53.9 Å². The lowest BCUT2D eigenvalue weighted by atomic mass is 10.2. The van der Waals surface area contributed by atoms with Crippen LogP contribution >= 0.6 is 15.9 Å². The summed E-state index contributed by atoms with van der Waals surface area (Å²) in [6.45, 7) is 2.70. The van der Waals surface area contributed by atoms with Crippen molar-refractivity contribution in [2.45, 2.75) is 25.5 Å². The Kier molecular flexibility index (Phi) is 3.17. The first-order valence-electron chi connectivity index (χ1n) is 5.31. The van der Waals surface area contributed by atoms with Crippen molar-refractivity contribution in [1.29, 1.82) is 5.26 Å². The van der Waals surface area contributed by atoms with Gasteiger partial charge in [0, 0.05) is 11.1 Å². The van der Waals surface area contributed by atoms with Crippen molar-refractivity contribution in [1.82, 2.24) is 0 Å². The van der Waals surface area contributed by atoms with E-state index in [-0.39, 0.29) is 5.72 Å². The number of hydrogen-bond donors (Lipinski definition) is 1. The molecule has 0 heterocycles. The maximum atomic E-state index is 8.77. The second kappa shape index (κ2) is 4.44. The minimum Gasteiger partial charge on any atom is -0.357 e. The van der Waals surface area contributed by atoms with Crippen LogP contribution in [-0.4, -0.2) is 12.3 Å². The normalized spacial score (nSPS) is 16.6. The van der Waals surface area contributed by atoms with Crippen molar-refractivity contribution in [3.63, 3.8) is 0 Å². The summed E-state index contributed by atoms with van der Waals surface area (Å²) in [4.78, 5) is 0. The molecule has 0 saturated heterocycles. The van der Waals surface area contributed by atoms with E-state index >= 15 is 0 Å². The van der Waals surface area contributed by atoms with Crippen molar-refractivity contribution in [2.75, 3.05) is 11.9 Å². The fraction of sp³-hybridized carbons (Fsp3) is 0.417. The number of halogens is 1. The van der Waals surface area contributed by atoms with Crippen LogP contribution in [0.4, 0.5) is 5.69 Å². The first kappa shape index (κ1) is 11.4. The van der Waals surface area contributed by atoms with Gasteiger partial charge in [0.05, 0.1) is 17.3 Å². The Balaban J connectivity index is 2.14. The average Bonchev–Trinajstić information content (AvgIpc) is 3.02. The third kappa shape index (κ3) is 2.37. The molecule has 0 bridgehead atoms. The highest BCUT2D eigenvalue weighted by Crippen LogP contribution is 2.41. The first-order valence-corrected chi connectivity index (χ1v) is 6.10. The zero-order chi connectivity index (χ0) is 11.6. The second-order valence-electron chi connectivity index (χ2n) is 3.86. The Morgan fingerprint density at radius 1 is 1.56 bits per heavy atom. The van der Waals surface area contributed by atoms with E-state index in [9.17, 15) is 0 Å². The van der Waals surface area contributed by atoms with E-state index in [1.165, 1.54) is 0 Å². The summed E-state index contributed by atoms with van der Waals surface area (Å²) in [6.07, 6.45) is 2.07. The molecule has 4 heteroatoms. The minimum absolute atomic E-state index is 0.175. The number of ether oxygens (including phenoxy) is 1. The molecular formula is C12H13BrN2O. The average molecular weight is 281 g/mol. The summed E-state index contributed by atoms with van der Waals surface area (Å²) in [5, 5.41) is 12.1. The van der Waals surface area contributed by atoms with E-state index in [1.807, 2.05) is 19.1 Å². The Labute approximate surface area is 104 Å². The molecule has 0 radical (unpaired) electrons. The molecule has 1 fully saturated rings. The maximum Gasteiger partial charge on any atom is 0.139 e. The van der Waals surface area contributed by atoms with Gasteiger partial charge in [-0.25, -0.2) is 0 Å². The molecule has 0 aliphatic heterocycles. The predicted molar refractivity (Wildman–Crippen MR) is 66.1 cm³/mol. The highest BCUT2D eigenvalue weighted by Gasteiger charge is 2.44. The number of nitrogens with one attached hydrogen (secondary N) is 1. The zero-order valence-electron chi connectivity index (χ0n) is 9.09. The second-order valence-corrected chi connectivity index (χ2v) is 4.71. The van der Waals surface area contributed by atoms with Crippen molar-refractivity contribution in [3.05, 3.63) is 28.2 Å². The monoisotopic (exact) mass is 280 g/mol. The molecule has 0 amide bonds. The molecule has 84 valence electrons. The van der Waals surface area contributed by atoms with Gasteiger partial charge in [0.1, 0.15) is 5.72 Å². The van der Waals surface area contributed by atoms with Gasteiger partial charge < -0.3 is 10.1 Å². The zero-order valence-corrected chi connectivity index (χ0v) is 10.7. The van der Waals surface area contributed by atoms with E-state index in [2.05, 4.69) is 27.3 Å². The summed E-state index contributed by atoms with van der Waals surface area (Å²) < 4.78 is 6.56. The van der Waals surface area contributed by atoms with Crippen molar-refractivity contribution < 1.29 is 4.74 Å². The van der Waals surface area contributed by atoms with Gasteiger partial charge in [0.15, 0.2) is 0 Å². The van der Waals surface area contributed by atoms with E-state index in [4.69, 9.17) is 10.00 Å². The molecule has 16 heavy (non-hydrogen) atoms. The molecule has 3 nitrogen and oxygen atoms in total. The van der Waals surface area contributed by atoms with Crippen LogP contribution in [0.5, 0.6) is 0 Å². The Bertz CT molecular complexity index is 435. The van der Waals surface area contributed by atoms with E-state index in [0.29, 0.717) is 12.2 Å². The molecule has 1 N–H and O–H groups in total. The molecule has 0 aromatic heterocycles. The smallest absolute Gasteiger partial charge is 0.139 e. The van der Waals surface area contributed by atoms with Crippen LogP contribution in [0.1, 0.15) is 25.3 Å². The molecule has 0 unspecified atom stereocenters. The largest absolute Gasteiger partial charge is 0.357 e. The van der Waals surface area contributed by atoms with Gasteiger partial charge in [-0.15, -0.1) is 0 Å². The van der Waals surface area contributed by atoms with Crippen LogP contribution in [0, 0.1) is 11.3 Å². The summed E-state index contributed by atoms with van der Waals surface area (Å²) in [7, 11) is 0.